The fourth-order valence-electron chi connectivity index (χ4n) is 1.38. The number of hydrogen-bond donors (Lipinski definition) is 1. The summed E-state index contributed by atoms with van der Waals surface area (Å²) in [5, 5.41) is 6.84. The Labute approximate surface area is 103 Å². The van der Waals surface area contributed by atoms with Gasteiger partial charge in [-0.15, -0.1) is 11.3 Å². The minimum atomic E-state index is 0.915. The van der Waals surface area contributed by atoms with Crippen LogP contribution in [0.4, 0.5) is 0 Å². The van der Waals surface area contributed by atoms with Crippen LogP contribution in [0.5, 0.6) is 0 Å². The van der Waals surface area contributed by atoms with Gasteiger partial charge in [0.15, 0.2) is 0 Å². The molecule has 0 aromatic carbocycles. The van der Waals surface area contributed by atoms with Gasteiger partial charge < -0.3 is 10.2 Å². The summed E-state index contributed by atoms with van der Waals surface area (Å²) >= 11 is 1.78. The summed E-state index contributed by atoms with van der Waals surface area (Å²) in [4.78, 5) is 6.80. The maximum Gasteiger partial charge on any atom is 0.0941 e. The van der Waals surface area contributed by atoms with Crippen molar-refractivity contribution in [1.29, 1.82) is 0 Å². The lowest BCUT2D eigenvalue weighted by Gasteiger charge is -2.06. The number of thiazole rings is 1. The van der Waals surface area contributed by atoms with E-state index >= 15 is 0 Å². The summed E-state index contributed by atoms with van der Waals surface area (Å²) in [6.07, 6.45) is 3.56. The van der Waals surface area contributed by atoms with Gasteiger partial charge in [0.1, 0.15) is 0 Å². The molecule has 0 aliphatic rings. The Morgan fingerprint density at radius 3 is 2.94 bits per heavy atom. The molecule has 0 bridgehead atoms. The molecule has 0 radical (unpaired) electrons. The quantitative estimate of drug-likeness (QED) is 0.707. The lowest BCUT2D eigenvalue weighted by Crippen LogP contribution is -2.16. The molecule has 16 heavy (non-hydrogen) atoms. The molecule has 0 amide bonds. The summed E-state index contributed by atoms with van der Waals surface area (Å²) in [5.41, 5.74) is 1.19. The fourth-order valence-corrected chi connectivity index (χ4v) is 2.17. The molecule has 0 spiro atoms. The maximum absolute atomic E-state index is 4.61. The first kappa shape index (κ1) is 13.6. The van der Waals surface area contributed by atoms with Crippen molar-refractivity contribution in [3.63, 3.8) is 0 Å². The number of likely N-dealkylation sites (N-methyl/N-ethyl adjacent to an activating group) is 1. The highest BCUT2D eigenvalue weighted by atomic mass is 32.1. The van der Waals surface area contributed by atoms with E-state index in [9.17, 15) is 0 Å². The van der Waals surface area contributed by atoms with Crippen molar-refractivity contribution in [3.8, 4) is 0 Å². The van der Waals surface area contributed by atoms with E-state index in [4.69, 9.17) is 0 Å². The Balaban J connectivity index is 2.22. The number of rotatable bonds is 8. The molecule has 0 atom stereocenters. The zero-order valence-electron chi connectivity index (χ0n) is 10.6. The second-order valence-electron chi connectivity index (χ2n) is 4.32. The summed E-state index contributed by atoms with van der Waals surface area (Å²) in [6.45, 7) is 5.31. The van der Waals surface area contributed by atoms with E-state index in [1.807, 2.05) is 0 Å². The Bertz CT molecular complexity index is 284. The van der Waals surface area contributed by atoms with Gasteiger partial charge in [-0.3, -0.25) is 0 Å². The molecule has 1 heterocycles. The van der Waals surface area contributed by atoms with Gasteiger partial charge in [0, 0.05) is 24.9 Å². The van der Waals surface area contributed by atoms with Crippen molar-refractivity contribution < 1.29 is 0 Å². The minimum absolute atomic E-state index is 0.915. The highest BCUT2D eigenvalue weighted by Crippen LogP contribution is 2.10. The zero-order chi connectivity index (χ0) is 11.8. The topological polar surface area (TPSA) is 28.2 Å². The predicted molar refractivity (Wildman–Crippen MR) is 71.0 cm³/mol. The summed E-state index contributed by atoms with van der Waals surface area (Å²) in [5.74, 6) is 0. The molecule has 1 rings (SSSR count). The standard InChI is InChI=1S/C12H23N3S/c1-4-5-7-13-9-11-10-16-12(14-11)6-8-15(2)3/h10,13H,4-9H2,1-3H3. The van der Waals surface area contributed by atoms with Crippen LogP contribution in [0.3, 0.4) is 0 Å². The van der Waals surface area contributed by atoms with Crippen LogP contribution in [-0.4, -0.2) is 37.1 Å². The molecule has 1 N–H and O–H groups in total. The molecule has 0 saturated carbocycles. The van der Waals surface area contributed by atoms with E-state index in [1.165, 1.54) is 23.5 Å². The number of nitrogens with one attached hydrogen (secondary N) is 1. The normalized spacial score (nSPS) is 11.2. The van der Waals surface area contributed by atoms with E-state index in [1.54, 1.807) is 11.3 Å². The minimum Gasteiger partial charge on any atom is -0.311 e. The van der Waals surface area contributed by atoms with Crippen LogP contribution in [0.2, 0.25) is 0 Å². The van der Waals surface area contributed by atoms with Crippen LogP contribution in [-0.2, 0) is 13.0 Å². The zero-order valence-corrected chi connectivity index (χ0v) is 11.4. The number of nitrogens with zero attached hydrogens (tertiary/aromatic N) is 2. The van der Waals surface area contributed by atoms with E-state index in [-0.39, 0.29) is 0 Å². The second-order valence-corrected chi connectivity index (χ2v) is 5.26. The lowest BCUT2D eigenvalue weighted by atomic mass is 10.3. The first-order chi connectivity index (χ1) is 7.72. The third-order valence-corrected chi connectivity index (χ3v) is 3.34. The van der Waals surface area contributed by atoms with Gasteiger partial charge in [0.25, 0.3) is 0 Å². The van der Waals surface area contributed by atoms with Crippen LogP contribution in [0.25, 0.3) is 0 Å². The van der Waals surface area contributed by atoms with Gasteiger partial charge in [0.05, 0.1) is 10.7 Å². The highest BCUT2D eigenvalue weighted by molar-refractivity contribution is 7.09. The smallest absolute Gasteiger partial charge is 0.0941 e. The van der Waals surface area contributed by atoms with E-state index in [2.05, 4.69) is 41.6 Å². The van der Waals surface area contributed by atoms with E-state index in [0.29, 0.717) is 0 Å². The molecular weight excluding hydrogens is 218 g/mol. The fraction of sp³-hybridized carbons (Fsp3) is 0.750. The van der Waals surface area contributed by atoms with Crippen molar-refractivity contribution in [2.75, 3.05) is 27.2 Å². The molecule has 4 heteroatoms. The van der Waals surface area contributed by atoms with Gasteiger partial charge in [-0.1, -0.05) is 13.3 Å². The van der Waals surface area contributed by atoms with Crippen molar-refractivity contribution in [2.24, 2.45) is 0 Å². The monoisotopic (exact) mass is 241 g/mol. The first-order valence-corrected chi connectivity index (χ1v) is 6.89. The van der Waals surface area contributed by atoms with Crippen molar-refractivity contribution in [3.05, 3.63) is 16.1 Å². The third kappa shape index (κ3) is 5.58. The van der Waals surface area contributed by atoms with Crippen LogP contribution >= 0.6 is 11.3 Å². The van der Waals surface area contributed by atoms with Gasteiger partial charge in [-0.25, -0.2) is 4.98 Å². The Hall–Kier alpha value is -0.450. The largest absolute Gasteiger partial charge is 0.311 e. The highest BCUT2D eigenvalue weighted by Gasteiger charge is 2.02. The molecule has 0 aliphatic carbocycles. The molecule has 3 nitrogen and oxygen atoms in total. The van der Waals surface area contributed by atoms with Crippen molar-refractivity contribution >= 4 is 11.3 Å². The van der Waals surface area contributed by atoms with Crippen LogP contribution < -0.4 is 5.32 Å². The van der Waals surface area contributed by atoms with Crippen LogP contribution in [0, 0.1) is 0 Å². The number of aromatic nitrogens is 1. The second kappa shape index (κ2) is 7.76. The van der Waals surface area contributed by atoms with Gasteiger partial charge >= 0.3 is 0 Å². The van der Waals surface area contributed by atoms with Crippen LogP contribution in [0.1, 0.15) is 30.5 Å². The lowest BCUT2D eigenvalue weighted by molar-refractivity contribution is 0.413. The molecule has 1 aromatic rings. The first-order valence-electron chi connectivity index (χ1n) is 6.01. The molecule has 0 unspecified atom stereocenters. The average Bonchev–Trinajstić information content (AvgIpc) is 2.70. The number of hydrogen-bond acceptors (Lipinski definition) is 4. The molecule has 0 fully saturated rings. The Kier molecular flexibility index (Phi) is 6.61. The Morgan fingerprint density at radius 1 is 1.44 bits per heavy atom. The molecule has 0 aliphatic heterocycles. The van der Waals surface area contributed by atoms with Crippen LogP contribution in [0.15, 0.2) is 5.38 Å². The molecule has 1 aromatic heterocycles. The average molecular weight is 241 g/mol. The Morgan fingerprint density at radius 2 is 2.25 bits per heavy atom. The van der Waals surface area contributed by atoms with E-state index < -0.39 is 0 Å². The van der Waals surface area contributed by atoms with Gasteiger partial charge in [-0.05, 0) is 27.1 Å². The third-order valence-electron chi connectivity index (χ3n) is 2.39. The molecule has 0 saturated heterocycles. The SMILES string of the molecule is CCCCNCc1csc(CCN(C)C)n1. The van der Waals surface area contributed by atoms with Gasteiger partial charge in [-0.2, -0.15) is 0 Å². The van der Waals surface area contributed by atoms with Crippen molar-refractivity contribution in [2.45, 2.75) is 32.7 Å². The molecule has 92 valence electrons. The maximum atomic E-state index is 4.61. The predicted octanol–water partition coefficient (Wildman–Crippen LogP) is 2.14. The summed E-state index contributed by atoms with van der Waals surface area (Å²) in [6, 6.07) is 0. The summed E-state index contributed by atoms with van der Waals surface area (Å²) < 4.78 is 0. The number of unbranched alkanes of at least 4 members (excludes halogenated alkanes) is 1. The molecular formula is C12H23N3S. The van der Waals surface area contributed by atoms with E-state index in [0.717, 1.165) is 26.1 Å². The summed E-state index contributed by atoms with van der Waals surface area (Å²) in [7, 11) is 4.20. The van der Waals surface area contributed by atoms with Crippen molar-refractivity contribution in [1.82, 2.24) is 15.2 Å². The van der Waals surface area contributed by atoms with Gasteiger partial charge in [0.2, 0.25) is 0 Å².